The molecule has 0 aliphatic heterocycles. The van der Waals surface area contributed by atoms with Gasteiger partial charge >= 0.3 is 0 Å². The van der Waals surface area contributed by atoms with E-state index in [0.29, 0.717) is 3.57 Å². The number of nitrogens with one attached hydrogen (secondary N) is 1. The molecule has 1 aromatic carbocycles. The number of hydrogen-bond acceptors (Lipinski definition) is 3. The molecule has 4 nitrogen and oxygen atoms in total. The number of benzene rings is 1. The van der Waals surface area contributed by atoms with Crippen LogP contribution in [0.15, 0.2) is 41.6 Å². The highest BCUT2D eigenvalue weighted by molar-refractivity contribution is 14.1. The van der Waals surface area contributed by atoms with Gasteiger partial charge in [0.25, 0.3) is 10.0 Å². The monoisotopic (exact) mass is 396 g/mol. The van der Waals surface area contributed by atoms with Gasteiger partial charge in [-0.3, -0.25) is 4.72 Å². The fraction of sp³-hybridized carbons (Fsp3) is 0. The standard InChI is InChI=1S/C11H7F2IN2O2S/c12-7-3-4-10(9(14)6-7)16-19(17,18)11-8(13)2-1-5-15-11/h1-6,16H. The Bertz CT molecular complexity index is 722. The molecule has 0 saturated carbocycles. The molecule has 0 atom stereocenters. The minimum atomic E-state index is -4.14. The lowest BCUT2D eigenvalue weighted by molar-refractivity contribution is 0.556. The number of rotatable bonds is 3. The average molecular weight is 396 g/mol. The Morgan fingerprint density at radius 2 is 1.95 bits per heavy atom. The lowest BCUT2D eigenvalue weighted by Gasteiger charge is -2.09. The summed E-state index contributed by atoms with van der Waals surface area (Å²) in [7, 11) is -4.14. The molecule has 1 N–H and O–H groups in total. The summed E-state index contributed by atoms with van der Waals surface area (Å²) in [5, 5.41) is -0.699. The zero-order chi connectivity index (χ0) is 14.0. The summed E-state index contributed by atoms with van der Waals surface area (Å²) in [6.07, 6.45) is 1.17. The van der Waals surface area contributed by atoms with Crippen LogP contribution in [0.1, 0.15) is 0 Å². The third kappa shape index (κ3) is 3.18. The summed E-state index contributed by atoms with van der Waals surface area (Å²) in [5.41, 5.74) is 0.159. The predicted molar refractivity (Wildman–Crippen MR) is 74.1 cm³/mol. The maximum atomic E-state index is 13.4. The van der Waals surface area contributed by atoms with E-state index in [1.54, 1.807) is 22.6 Å². The highest BCUT2D eigenvalue weighted by atomic mass is 127. The van der Waals surface area contributed by atoms with Crippen molar-refractivity contribution in [3.8, 4) is 0 Å². The summed E-state index contributed by atoms with van der Waals surface area (Å²) < 4.78 is 52.7. The molecule has 19 heavy (non-hydrogen) atoms. The minimum Gasteiger partial charge on any atom is -0.277 e. The molecule has 0 amide bonds. The van der Waals surface area contributed by atoms with Gasteiger partial charge in [0.15, 0.2) is 5.82 Å². The average Bonchev–Trinajstić information content (AvgIpc) is 2.33. The van der Waals surface area contributed by atoms with Crippen LogP contribution in [0.3, 0.4) is 0 Å². The van der Waals surface area contributed by atoms with Gasteiger partial charge in [0.2, 0.25) is 5.03 Å². The largest absolute Gasteiger partial charge is 0.282 e. The Labute approximate surface area is 122 Å². The first kappa shape index (κ1) is 14.1. The van der Waals surface area contributed by atoms with Gasteiger partial charge in [-0.1, -0.05) is 0 Å². The van der Waals surface area contributed by atoms with Crippen molar-refractivity contribution in [3.05, 3.63) is 51.7 Å². The van der Waals surface area contributed by atoms with Crippen LogP contribution in [0.4, 0.5) is 14.5 Å². The Morgan fingerprint density at radius 1 is 1.21 bits per heavy atom. The van der Waals surface area contributed by atoms with Gasteiger partial charge < -0.3 is 0 Å². The number of pyridine rings is 1. The van der Waals surface area contributed by atoms with E-state index < -0.39 is 26.7 Å². The number of aromatic nitrogens is 1. The predicted octanol–water partition coefficient (Wildman–Crippen LogP) is 2.77. The maximum Gasteiger partial charge on any atom is 0.282 e. The molecule has 1 heterocycles. The SMILES string of the molecule is O=S(=O)(Nc1ccc(F)cc1I)c1ncccc1F. The van der Waals surface area contributed by atoms with Gasteiger partial charge in [-0.05, 0) is 52.9 Å². The third-order valence-corrected chi connectivity index (χ3v) is 4.35. The van der Waals surface area contributed by atoms with Crippen molar-refractivity contribution in [1.29, 1.82) is 0 Å². The fourth-order valence-electron chi connectivity index (χ4n) is 1.33. The summed E-state index contributed by atoms with van der Waals surface area (Å²) in [5.74, 6) is -1.44. The molecular weight excluding hydrogens is 389 g/mol. The molecule has 0 aliphatic carbocycles. The molecule has 1 aromatic heterocycles. The van der Waals surface area contributed by atoms with E-state index in [9.17, 15) is 17.2 Å². The molecule has 2 aromatic rings. The first-order valence-corrected chi connectivity index (χ1v) is 7.55. The number of anilines is 1. The number of sulfonamides is 1. The molecule has 0 unspecified atom stereocenters. The molecule has 0 spiro atoms. The van der Waals surface area contributed by atoms with Crippen molar-refractivity contribution in [2.24, 2.45) is 0 Å². The summed E-state index contributed by atoms with van der Waals surface area (Å²) in [6, 6.07) is 5.81. The molecule has 100 valence electrons. The Morgan fingerprint density at radius 3 is 2.58 bits per heavy atom. The van der Waals surface area contributed by atoms with E-state index in [1.807, 2.05) is 0 Å². The van der Waals surface area contributed by atoms with Crippen molar-refractivity contribution in [2.45, 2.75) is 5.03 Å². The normalized spacial score (nSPS) is 11.3. The summed E-state index contributed by atoms with van der Waals surface area (Å²) >= 11 is 1.77. The smallest absolute Gasteiger partial charge is 0.277 e. The van der Waals surface area contributed by atoms with Gasteiger partial charge in [-0.25, -0.2) is 13.8 Å². The lowest BCUT2D eigenvalue weighted by Crippen LogP contribution is -2.16. The summed E-state index contributed by atoms with van der Waals surface area (Å²) in [6.45, 7) is 0. The highest BCUT2D eigenvalue weighted by Gasteiger charge is 2.21. The van der Waals surface area contributed by atoms with E-state index in [2.05, 4.69) is 9.71 Å². The van der Waals surface area contributed by atoms with E-state index in [0.717, 1.165) is 18.2 Å². The van der Waals surface area contributed by atoms with Crippen molar-refractivity contribution in [3.63, 3.8) is 0 Å². The molecule has 2 rings (SSSR count). The van der Waals surface area contributed by atoms with Crippen LogP contribution in [-0.4, -0.2) is 13.4 Å². The van der Waals surface area contributed by atoms with E-state index in [1.165, 1.54) is 18.3 Å². The number of hydrogen-bond donors (Lipinski definition) is 1. The van der Waals surface area contributed by atoms with Crippen LogP contribution in [-0.2, 0) is 10.0 Å². The molecule has 8 heteroatoms. The van der Waals surface area contributed by atoms with Gasteiger partial charge in [-0.2, -0.15) is 8.42 Å². The van der Waals surface area contributed by atoms with E-state index in [4.69, 9.17) is 0 Å². The van der Waals surface area contributed by atoms with Crippen LogP contribution < -0.4 is 4.72 Å². The van der Waals surface area contributed by atoms with Crippen molar-refractivity contribution < 1.29 is 17.2 Å². The molecular formula is C11H7F2IN2O2S. The molecule has 0 aliphatic rings. The molecule has 0 radical (unpaired) electrons. The second-order valence-corrected chi connectivity index (χ2v) is 6.28. The van der Waals surface area contributed by atoms with Crippen LogP contribution in [0, 0.1) is 15.2 Å². The molecule has 0 saturated heterocycles. The molecule has 0 fully saturated rings. The Balaban J connectivity index is 2.40. The highest BCUT2D eigenvalue weighted by Crippen LogP contribution is 2.22. The van der Waals surface area contributed by atoms with Crippen LogP contribution in [0.5, 0.6) is 0 Å². The van der Waals surface area contributed by atoms with E-state index in [-0.39, 0.29) is 5.69 Å². The number of halogens is 3. The van der Waals surface area contributed by atoms with Gasteiger partial charge in [0.1, 0.15) is 5.82 Å². The van der Waals surface area contributed by atoms with Crippen LogP contribution >= 0.6 is 22.6 Å². The summed E-state index contributed by atoms with van der Waals surface area (Å²) in [4.78, 5) is 3.49. The topological polar surface area (TPSA) is 59.1 Å². The Kier molecular flexibility index (Phi) is 3.99. The van der Waals surface area contributed by atoms with Crippen LogP contribution in [0.2, 0.25) is 0 Å². The van der Waals surface area contributed by atoms with Crippen molar-refractivity contribution in [1.82, 2.24) is 4.98 Å². The quantitative estimate of drug-likeness (QED) is 0.812. The van der Waals surface area contributed by atoms with Crippen LogP contribution in [0.25, 0.3) is 0 Å². The molecule has 0 bridgehead atoms. The second-order valence-electron chi connectivity index (χ2n) is 3.52. The van der Waals surface area contributed by atoms with Crippen molar-refractivity contribution >= 4 is 38.3 Å². The minimum absolute atomic E-state index is 0.159. The van der Waals surface area contributed by atoms with Gasteiger partial charge in [0.05, 0.1) is 5.69 Å². The first-order chi connectivity index (χ1) is 8.90. The van der Waals surface area contributed by atoms with E-state index >= 15 is 0 Å². The van der Waals surface area contributed by atoms with Gasteiger partial charge in [-0.15, -0.1) is 0 Å². The van der Waals surface area contributed by atoms with Gasteiger partial charge in [0, 0.05) is 9.77 Å². The number of nitrogens with zero attached hydrogens (tertiary/aromatic N) is 1. The third-order valence-electron chi connectivity index (χ3n) is 2.15. The Hall–Kier alpha value is -1.29. The first-order valence-electron chi connectivity index (χ1n) is 4.98. The second kappa shape index (κ2) is 5.37. The lowest BCUT2D eigenvalue weighted by atomic mass is 10.3. The zero-order valence-corrected chi connectivity index (χ0v) is 12.2. The van der Waals surface area contributed by atoms with Crippen molar-refractivity contribution in [2.75, 3.05) is 4.72 Å². The zero-order valence-electron chi connectivity index (χ0n) is 9.27. The maximum absolute atomic E-state index is 13.4. The fourth-order valence-corrected chi connectivity index (χ4v) is 3.22.